The number of nitrogens with zero attached hydrogens (tertiary/aromatic N) is 3. The molecule has 35 heavy (non-hydrogen) atoms. The first-order valence-corrected chi connectivity index (χ1v) is 12.4. The van der Waals surface area contributed by atoms with Crippen molar-refractivity contribution >= 4 is 16.8 Å². The Morgan fingerprint density at radius 2 is 1.89 bits per heavy atom. The van der Waals surface area contributed by atoms with Crippen molar-refractivity contribution in [3.05, 3.63) is 64.2 Å². The van der Waals surface area contributed by atoms with Crippen LogP contribution in [0.25, 0.3) is 16.6 Å². The molecule has 1 unspecified atom stereocenters. The summed E-state index contributed by atoms with van der Waals surface area (Å²) in [5, 5.41) is 0.515. The number of fused-ring (bicyclic) bond motifs is 1. The Kier molecular flexibility index (Phi) is 9.43. The van der Waals surface area contributed by atoms with E-state index in [1.165, 1.54) is 0 Å². The van der Waals surface area contributed by atoms with Crippen LogP contribution in [0.4, 0.5) is 0 Å². The van der Waals surface area contributed by atoms with Gasteiger partial charge in [-0.1, -0.05) is 44.4 Å². The highest BCUT2D eigenvalue weighted by Gasteiger charge is 2.27. The summed E-state index contributed by atoms with van der Waals surface area (Å²) in [4.78, 5) is 33.8. The molecule has 1 aromatic heterocycles. The van der Waals surface area contributed by atoms with Crippen LogP contribution in [0, 0.1) is 6.92 Å². The van der Waals surface area contributed by atoms with Crippen LogP contribution in [0.5, 0.6) is 5.75 Å². The van der Waals surface area contributed by atoms with Crippen molar-refractivity contribution in [2.45, 2.75) is 58.9 Å². The molecule has 0 saturated carbocycles. The van der Waals surface area contributed by atoms with E-state index in [0.29, 0.717) is 47.7 Å². The third-order valence-corrected chi connectivity index (χ3v) is 6.32. The zero-order valence-corrected chi connectivity index (χ0v) is 21.5. The summed E-state index contributed by atoms with van der Waals surface area (Å²) in [6.07, 6.45) is 4.55. The predicted molar refractivity (Wildman–Crippen MR) is 139 cm³/mol. The molecule has 1 amide bonds. The summed E-state index contributed by atoms with van der Waals surface area (Å²) >= 11 is 0. The lowest BCUT2D eigenvalue weighted by molar-refractivity contribution is -0.134. The Morgan fingerprint density at radius 1 is 1.11 bits per heavy atom. The molecule has 1 atom stereocenters. The molecule has 0 N–H and O–H groups in total. The van der Waals surface area contributed by atoms with Crippen LogP contribution >= 0.6 is 0 Å². The molecule has 2 aromatic carbocycles. The van der Waals surface area contributed by atoms with Crippen molar-refractivity contribution in [1.29, 1.82) is 0 Å². The average molecular weight is 480 g/mol. The fourth-order valence-electron chi connectivity index (χ4n) is 4.35. The lowest BCUT2D eigenvalue weighted by Crippen LogP contribution is -2.39. The van der Waals surface area contributed by atoms with Gasteiger partial charge in [0, 0.05) is 20.1 Å². The Bertz CT molecular complexity index is 1200. The van der Waals surface area contributed by atoms with Crippen LogP contribution in [0.3, 0.4) is 0 Å². The van der Waals surface area contributed by atoms with Gasteiger partial charge in [-0.2, -0.15) is 0 Å². The molecule has 0 radical (unpaired) electrons. The summed E-state index contributed by atoms with van der Waals surface area (Å²) in [5.41, 5.74) is 2.01. The van der Waals surface area contributed by atoms with Crippen LogP contribution in [0.1, 0.15) is 63.4 Å². The number of hydrogen-bond donors (Lipinski definition) is 0. The maximum atomic E-state index is 13.8. The Morgan fingerprint density at radius 3 is 2.60 bits per heavy atom. The van der Waals surface area contributed by atoms with Gasteiger partial charge >= 0.3 is 0 Å². The summed E-state index contributed by atoms with van der Waals surface area (Å²) in [7, 11) is 3.21. The molecule has 188 valence electrons. The number of para-hydroxylation sites is 1. The molecule has 7 heteroatoms. The van der Waals surface area contributed by atoms with Crippen LogP contribution in [-0.2, 0) is 9.53 Å². The molecular formula is C28H37N3O4. The van der Waals surface area contributed by atoms with Crippen molar-refractivity contribution in [3.8, 4) is 11.4 Å². The van der Waals surface area contributed by atoms with Gasteiger partial charge in [-0.15, -0.1) is 0 Å². The lowest BCUT2D eigenvalue weighted by atomic mass is 10.1. The number of aromatic nitrogens is 2. The van der Waals surface area contributed by atoms with Gasteiger partial charge in [-0.05, 0) is 50.1 Å². The van der Waals surface area contributed by atoms with Gasteiger partial charge in [-0.3, -0.25) is 14.2 Å². The summed E-state index contributed by atoms with van der Waals surface area (Å²) in [6, 6.07) is 12.6. The second-order valence-electron chi connectivity index (χ2n) is 8.87. The first kappa shape index (κ1) is 26.4. The molecule has 0 spiro atoms. The standard InChI is InChI=1S/C28H37N3O4/c1-6-7-8-9-14-26(32)30(17-18-34-4)21(3)27-29-23-13-11-10-12-22(23)28(33)31(27)24-19-20(2)15-16-25(24)35-5/h10-13,15-16,19,21H,6-9,14,17-18H2,1-5H3. The van der Waals surface area contributed by atoms with Crippen LogP contribution in [0.15, 0.2) is 47.3 Å². The minimum atomic E-state index is -0.452. The van der Waals surface area contributed by atoms with E-state index in [1.54, 1.807) is 29.8 Å². The molecule has 0 aliphatic heterocycles. The second kappa shape index (κ2) is 12.5. The number of benzene rings is 2. The SMILES string of the molecule is CCCCCCC(=O)N(CCOC)C(C)c1nc2ccccc2c(=O)n1-c1cc(C)ccc1OC. The molecule has 0 bridgehead atoms. The number of rotatable bonds is 12. The van der Waals surface area contributed by atoms with Gasteiger partial charge in [0.1, 0.15) is 11.6 Å². The first-order valence-electron chi connectivity index (χ1n) is 12.4. The minimum Gasteiger partial charge on any atom is -0.495 e. The molecule has 0 aliphatic carbocycles. The van der Waals surface area contributed by atoms with Crippen LogP contribution in [0.2, 0.25) is 0 Å². The summed E-state index contributed by atoms with van der Waals surface area (Å²) in [5.74, 6) is 1.10. The van der Waals surface area contributed by atoms with E-state index in [-0.39, 0.29) is 11.5 Å². The van der Waals surface area contributed by atoms with E-state index in [9.17, 15) is 9.59 Å². The number of carbonyl (C=O) groups is 1. The summed E-state index contributed by atoms with van der Waals surface area (Å²) in [6.45, 7) is 6.86. The van der Waals surface area contributed by atoms with E-state index in [4.69, 9.17) is 14.5 Å². The third-order valence-electron chi connectivity index (χ3n) is 6.32. The number of methoxy groups -OCH3 is 2. The molecule has 0 aliphatic rings. The van der Waals surface area contributed by atoms with Crippen LogP contribution < -0.4 is 10.3 Å². The first-order chi connectivity index (χ1) is 16.9. The highest BCUT2D eigenvalue weighted by molar-refractivity contribution is 5.79. The Hall–Kier alpha value is -3.19. The maximum absolute atomic E-state index is 13.8. The highest BCUT2D eigenvalue weighted by atomic mass is 16.5. The van der Waals surface area contributed by atoms with E-state index in [1.807, 2.05) is 50.2 Å². The fourth-order valence-corrected chi connectivity index (χ4v) is 4.35. The number of ether oxygens (including phenoxy) is 2. The smallest absolute Gasteiger partial charge is 0.266 e. The molecule has 3 aromatic rings. The predicted octanol–water partition coefficient (Wildman–Crippen LogP) is 5.21. The van der Waals surface area contributed by atoms with Crippen LogP contribution in [-0.4, -0.2) is 47.7 Å². The molecule has 0 saturated heterocycles. The number of amides is 1. The van der Waals surface area contributed by atoms with E-state index in [2.05, 4.69) is 6.92 Å². The number of aryl methyl sites for hydroxylation is 1. The van der Waals surface area contributed by atoms with E-state index in [0.717, 1.165) is 31.2 Å². The largest absolute Gasteiger partial charge is 0.495 e. The molecular weight excluding hydrogens is 442 g/mol. The summed E-state index contributed by atoms with van der Waals surface area (Å²) < 4.78 is 12.5. The average Bonchev–Trinajstić information content (AvgIpc) is 2.86. The van der Waals surface area contributed by atoms with Crippen molar-refractivity contribution in [2.24, 2.45) is 0 Å². The number of hydrogen-bond acceptors (Lipinski definition) is 5. The minimum absolute atomic E-state index is 0.0378. The molecule has 3 rings (SSSR count). The Balaban J connectivity index is 2.16. The highest BCUT2D eigenvalue weighted by Crippen LogP contribution is 2.29. The second-order valence-corrected chi connectivity index (χ2v) is 8.87. The van der Waals surface area contributed by atoms with Gasteiger partial charge in [0.15, 0.2) is 0 Å². The van der Waals surface area contributed by atoms with Crippen molar-refractivity contribution in [2.75, 3.05) is 27.4 Å². The number of unbranched alkanes of at least 4 members (excludes halogenated alkanes) is 3. The number of carbonyl (C=O) groups excluding carboxylic acids is 1. The molecule has 1 heterocycles. The molecule has 0 fully saturated rings. The van der Waals surface area contributed by atoms with Gasteiger partial charge in [0.2, 0.25) is 5.91 Å². The zero-order chi connectivity index (χ0) is 25.4. The van der Waals surface area contributed by atoms with Crippen molar-refractivity contribution in [3.63, 3.8) is 0 Å². The normalized spacial score (nSPS) is 12.0. The molecule has 7 nitrogen and oxygen atoms in total. The van der Waals surface area contributed by atoms with E-state index >= 15 is 0 Å². The van der Waals surface area contributed by atoms with E-state index < -0.39 is 6.04 Å². The third kappa shape index (κ3) is 6.09. The topological polar surface area (TPSA) is 73.7 Å². The van der Waals surface area contributed by atoms with Crippen molar-refractivity contribution < 1.29 is 14.3 Å². The van der Waals surface area contributed by atoms with Gasteiger partial charge < -0.3 is 14.4 Å². The van der Waals surface area contributed by atoms with Gasteiger partial charge in [-0.25, -0.2) is 4.98 Å². The van der Waals surface area contributed by atoms with Gasteiger partial charge in [0.25, 0.3) is 5.56 Å². The Labute approximate surface area is 207 Å². The lowest BCUT2D eigenvalue weighted by Gasteiger charge is -2.31. The van der Waals surface area contributed by atoms with Crippen molar-refractivity contribution in [1.82, 2.24) is 14.5 Å². The zero-order valence-electron chi connectivity index (χ0n) is 21.5. The fraction of sp³-hybridized carbons (Fsp3) is 0.464. The monoisotopic (exact) mass is 479 g/mol. The maximum Gasteiger partial charge on any atom is 0.266 e. The van der Waals surface area contributed by atoms with Gasteiger partial charge in [0.05, 0.1) is 36.3 Å². The quantitative estimate of drug-likeness (QED) is 0.334.